The fourth-order valence-corrected chi connectivity index (χ4v) is 1.96. The molecule has 0 saturated carbocycles. The summed E-state index contributed by atoms with van der Waals surface area (Å²) in [6.45, 7) is 1.89. The van der Waals surface area contributed by atoms with E-state index >= 15 is 0 Å². The van der Waals surface area contributed by atoms with Crippen molar-refractivity contribution in [2.45, 2.75) is 6.92 Å². The van der Waals surface area contributed by atoms with E-state index in [9.17, 15) is 0 Å². The van der Waals surface area contributed by atoms with E-state index in [1.54, 1.807) is 23.9 Å². The van der Waals surface area contributed by atoms with Crippen molar-refractivity contribution in [1.82, 2.24) is 9.78 Å². The van der Waals surface area contributed by atoms with Crippen molar-refractivity contribution >= 4 is 21.8 Å². The molecule has 1 heterocycles. The van der Waals surface area contributed by atoms with Crippen LogP contribution in [0.2, 0.25) is 0 Å². The van der Waals surface area contributed by atoms with Crippen LogP contribution in [0.1, 0.15) is 11.3 Å². The van der Waals surface area contributed by atoms with Crippen LogP contribution in [0.3, 0.4) is 0 Å². The first-order valence-corrected chi connectivity index (χ1v) is 6.09. The van der Waals surface area contributed by atoms with Gasteiger partial charge in [0.05, 0.1) is 11.3 Å². The highest BCUT2D eigenvalue weighted by Crippen LogP contribution is 2.27. The van der Waals surface area contributed by atoms with Crippen LogP contribution in [0.25, 0.3) is 0 Å². The lowest BCUT2D eigenvalue weighted by Gasteiger charge is -2.10. The van der Waals surface area contributed by atoms with E-state index in [4.69, 9.17) is 15.9 Å². The van der Waals surface area contributed by atoms with Crippen LogP contribution in [-0.4, -0.2) is 15.6 Å². The summed E-state index contributed by atoms with van der Waals surface area (Å²) in [6, 6.07) is 7.18. The van der Waals surface area contributed by atoms with E-state index in [1.165, 1.54) is 0 Å². The maximum Gasteiger partial charge on any atom is 0.217 e. The molecule has 0 spiro atoms. The SMILES string of the molecule is Cc1cc(Oc2ccc(Br)cc2C(=N)N)n(C)n1. The Morgan fingerprint density at radius 3 is 2.72 bits per heavy atom. The lowest BCUT2D eigenvalue weighted by Crippen LogP contribution is -2.12. The Labute approximate surface area is 113 Å². The summed E-state index contributed by atoms with van der Waals surface area (Å²) in [5.41, 5.74) is 6.95. The van der Waals surface area contributed by atoms with Crippen molar-refractivity contribution in [2.24, 2.45) is 12.8 Å². The largest absolute Gasteiger partial charge is 0.439 e. The second kappa shape index (κ2) is 4.81. The molecule has 0 unspecified atom stereocenters. The van der Waals surface area contributed by atoms with Gasteiger partial charge in [-0.25, -0.2) is 4.68 Å². The average molecular weight is 309 g/mol. The highest BCUT2D eigenvalue weighted by Gasteiger charge is 2.11. The predicted molar refractivity (Wildman–Crippen MR) is 73.2 cm³/mol. The molecule has 2 rings (SSSR count). The summed E-state index contributed by atoms with van der Waals surface area (Å²) in [7, 11) is 1.80. The maximum absolute atomic E-state index is 7.55. The van der Waals surface area contributed by atoms with Crippen molar-refractivity contribution < 1.29 is 4.74 Å². The number of nitrogen functional groups attached to an aromatic ring is 1. The minimum atomic E-state index is -0.0369. The van der Waals surface area contributed by atoms with Crippen molar-refractivity contribution in [3.63, 3.8) is 0 Å². The topological polar surface area (TPSA) is 76.9 Å². The molecule has 0 aliphatic carbocycles. The Kier molecular flexibility index (Phi) is 3.38. The third-order valence-corrected chi connectivity index (χ3v) is 2.90. The van der Waals surface area contributed by atoms with Gasteiger partial charge in [0.1, 0.15) is 11.6 Å². The summed E-state index contributed by atoms with van der Waals surface area (Å²) in [5.74, 6) is 1.11. The van der Waals surface area contributed by atoms with Crippen molar-refractivity contribution in [1.29, 1.82) is 5.41 Å². The Morgan fingerprint density at radius 2 is 2.17 bits per heavy atom. The first kappa shape index (κ1) is 12.6. The van der Waals surface area contributed by atoms with Crippen molar-refractivity contribution in [3.05, 3.63) is 40.0 Å². The van der Waals surface area contributed by atoms with Gasteiger partial charge in [-0.1, -0.05) is 15.9 Å². The van der Waals surface area contributed by atoms with Gasteiger partial charge < -0.3 is 10.5 Å². The molecule has 2 aromatic rings. The van der Waals surface area contributed by atoms with Crippen LogP contribution in [0.15, 0.2) is 28.7 Å². The highest BCUT2D eigenvalue weighted by molar-refractivity contribution is 9.10. The quantitative estimate of drug-likeness (QED) is 0.676. The van der Waals surface area contributed by atoms with Crippen LogP contribution in [0.5, 0.6) is 11.6 Å². The summed E-state index contributed by atoms with van der Waals surface area (Å²) in [6.07, 6.45) is 0. The number of aromatic nitrogens is 2. The van der Waals surface area contributed by atoms with Crippen LogP contribution in [0.4, 0.5) is 0 Å². The molecule has 0 aliphatic heterocycles. The van der Waals surface area contributed by atoms with E-state index < -0.39 is 0 Å². The second-order valence-electron chi connectivity index (χ2n) is 3.90. The minimum Gasteiger partial charge on any atom is -0.439 e. The Bertz CT molecular complexity index is 606. The van der Waals surface area contributed by atoms with E-state index in [0.717, 1.165) is 10.2 Å². The third-order valence-electron chi connectivity index (χ3n) is 2.41. The van der Waals surface area contributed by atoms with E-state index in [-0.39, 0.29) is 5.84 Å². The number of nitrogens with zero attached hydrogens (tertiary/aromatic N) is 2. The van der Waals surface area contributed by atoms with E-state index in [2.05, 4.69) is 21.0 Å². The van der Waals surface area contributed by atoms with Gasteiger partial charge in [-0.2, -0.15) is 5.10 Å². The van der Waals surface area contributed by atoms with Gasteiger partial charge in [0, 0.05) is 17.6 Å². The van der Waals surface area contributed by atoms with Crippen LogP contribution in [-0.2, 0) is 7.05 Å². The molecule has 0 fully saturated rings. The van der Waals surface area contributed by atoms with Gasteiger partial charge >= 0.3 is 0 Å². The first-order chi connectivity index (χ1) is 8.47. The van der Waals surface area contributed by atoms with Crippen LogP contribution < -0.4 is 10.5 Å². The molecule has 1 aromatic carbocycles. The number of hydrogen-bond acceptors (Lipinski definition) is 3. The summed E-state index contributed by atoms with van der Waals surface area (Å²) in [4.78, 5) is 0. The number of amidine groups is 1. The molecule has 0 radical (unpaired) electrons. The zero-order valence-corrected chi connectivity index (χ0v) is 11.7. The Morgan fingerprint density at radius 1 is 1.44 bits per heavy atom. The van der Waals surface area contributed by atoms with Gasteiger partial charge in [-0.3, -0.25) is 5.41 Å². The number of nitrogens with one attached hydrogen (secondary N) is 1. The molecule has 3 N–H and O–H groups in total. The van der Waals surface area contributed by atoms with Gasteiger partial charge in [-0.15, -0.1) is 0 Å². The number of ether oxygens (including phenoxy) is 1. The minimum absolute atomic E-state index is 0.0369. The zero-order valence-electron chi connectivity index (χ0n) is 10.1. The van der Waals surface area contributed by atoms with Gasteiger partial charge in [0.2, 0.25) is 5.88 Å². The molecule has 0 aliphatic rings. The fraction of sp³-hybridized carbons (Fsp3) is 0.167. The molecule has 1 aromatic heterocycles. The maximum atomic E-state index is 7.55. The van der Waals surface area contributed by atoms with Crippen LogP contribution in [0, 0.1) is 12.3 Å². The monoisotopic (exact) mass is 308 g/mol. The number of nitrogens with two attached hydrogens (primary N) is 1. The highest BCUT2D eigenvalue weighted by atomic mass is 79.9. The molecule has 0 amide bonds. The van der Waals surface area contributed by atoms with E-state index in [0.29, 0.717) is 17.2 Å². The van der Waals surface area contributed by atoms with Gasteiger partial charge in [0.15, 0.2) is 0 Å². The lowest BCUT2D eigenvalue weighted by atomic mass is 10.2. The van der Waals surface area contributed by atoms with Gasteiger partial charge in [-0.05, 0) is 25.1 Å². The standard InChI is InChI=1S/C12H13BrN4O/c1-7-5-11(17(2)16-7)18-10-4-3-8(13)6-9(10)12(14)15/h3-6H,1-2H3,(H3,14,15). The predicted octanol–water partition coefficient (Wildman–Crippen LogP) is 2.57. The number of aryl methyl sites for hydroxylation is 2. The van der Waals surface area contributed by atoms with Crippen LogP contribution >= 0.6 is 15.9 Å². The lowest BCUT2D eigenvalue weighted by molar-refractivity contribution is 0.429. The van der Waals surface area contributed by atoms with Gasteiger partial charge in [0.25, 0.3) is 0 Å². The molecule has 18 heavy (non-hydrogen) atoms. The average Bonchev–Trinajstić information content (AvgIpc) is 2.60. The van der Waals surface area contributed by atoms with Crippen molar-refractivity contribution in [3.8, 4) is 11.6 Å². The second-order valence-corrected chi connectivity index (χ2v) is 4.82. The number of hydrogen-bond donors (Lipinski definition) is 2. The molecule has 0 atom stereocenters. The summed E-state index contributed by atoms with van der Waals surface area (Å²) >= 11 is 3.34. The molecule has 0 saturated heterocycles. The normalized spacial score (nSPS) is 10.4. The third kappa shape index (κ3) is 2.53. The molecular weight excluding hydrogens is 296 g/mol. The molecule has 5 nitrogen and oxygen atoms in total. The summed E-state index contributed by atoms with van der Waals surface area (Å²) < 4.78 is 8.22. The number of rotatable bonds is 3. The zero-order chi connectivity index (χ0) is 13.3. The fourth-order valence-electron chi connectivity index (χ4n) is 1.60. The molecule has 0 bridgehead atoms. The number of benzene rings is 1. The summed E-state index contributed by atoms with van der Waals surface area (Å²) in [5, 5.41) is 11.7. The number of halogens is 1. The molecule has 6 heteroatoms. The molecular formula is C12H13BrN4O. The van der Waals surface area contributed by atoms with Crippen molar-refractivity contribution in [2.75, 3.05) is 0 Å². The molecule has 94 valence electrons. The first-order valence-electron chi connectivity index (χ1n) is 5.30. The Hall–Kier alpha value is -1.82. The van der Waals surface area contributed by atoms with E-state index in [1.807, 2.05) is 19.1 Å². The smallest absolute Gasteiger partial charge is 0.217 e. The Balaban J connectivity index is 2.40.